The maximum absolute atomic E-state index is 15.1. The van der Waals surface area contributed by atoms with Gasteiger partial charge in [-0.2, -0.15) is 0 Å². The monoisotopic (exact) mass is 661 g/mol. The number of carbonyl (C=O) groups excluding carboxylic acids is 2. The highest BCUT2D eigenvalue weighted by atomic mass is 32.2. The van der Waals surface area contributed by atoms with E-state index in [2.05, 4.69) is 5.32 Å². The topological polar surface area (TPSA) is 105 Å². The van der Waals surface area contributed by atoms with E-state index < -0.39 is 45.8 Å². The predicted octanol–water partition coefficient (Wildman–Crippen LogP) is 5.59. The van der Waals surface area contributed by atoms with Crippen LogP contribution in [0, 0.1) is 5.82 Å². The van der Waals surface area contributed by atoms with E-state index in [-0.39, 0.29) is 34.9 Å². The normalized spacial score (nSPS) is 12.1. The summed E-state index contributed by atoms with van der Waals surface area (Å²) in [4.78, 5) is 29.7. The highest BCUT2D eigenvalue weighted by Crippen LogP contribution is 2.33. The number of nitrogens with one attached hydrogen (secondary N) is 1. The lowest BCUT2D eigenvalue weighted by atomic mass is 10.0. The lowest BCUT2D eigenvalue weighted by Gasteiger charge is -2.35. The largest absolute Gasteiger partial charge is 0.497 e. The Kier molecular flexibility index (Phi) is 11.3. The number of ether oxygens (including phenoxy) is 2. The number of hydrogen-bond donors (Lipinski definition) is 1. The number of para-hydroxylation sites is 2. The molecule has 0 fully saturated rings. The molecule has 9 nitrogen and oxygen atoms in total. The molecule has 1 unspecified atom stereocenters. The molecule has 0 aliphatic heterocycles. The molecule has 0 bridgehead atoms. The summed E-state index contributed by atoms with van der Waals surface area (Å²) in [7, 11) is -1.51. The van der Waals surface area contributed by atoms with Gasteiger partial charge in [-0.1, -0.05) is 60.7 Å². The first kappa shape index (κ1) is 35.0. The Balaban J connectivity index is 1.85. The minimum atomic E-state index is -4.38. The Morgan fingerprint density at radius 1 is 0.830 bits per heavy atom. The van der Waals surface area contributed by atoms with Gasteiger partial charge in [0.15, 0.2) is 0 Å². The van der Waals surface area contributed by atoms with Gasteiger partial charge in [0.25, 0.3) is 10.0 Å². The van der Waals surface area contributed by atoms with Gasteiger partial charge in [-0.25, -0.2) is 12.8 Å². The van der Waals surface area contributed by atoms with Crippen molar-refractivity contribution in [1.29, 1.82) is 0 Å². The van der Waals surface area contributed by atoms with Crippen molar-refractivity contribution in [2.24, 2.45) is 0 Å². The molecule has 0 aromatic heterocycles. The van der Waals surface area contributed by atoms with Crippen LogP contribution in [0.1, 0.15) is 31.9 Å². The van der Waals surface area contributed by atoms with Crippen LogP contribution in [0.15, 0.2) is 108 Å². The summed E-state index contributed by atoms with van der Waals surface area (Å²) in [6, 6.07) is 26.2. The zero-order valence-electron chi connectivity index (χ0n) is 27.1. The second kappa shape index (κ2) is 15.1. The average Bonchev–Trinajstić information content (AvgIpc) is 3.05. The quantitative estimate of drug-likeness (QED) is 0.200. The van der Waals surface area contributed by atoms with Crippen molar-refractivity contribution < 1.29 is 31.9 Å². The molecule has 0 saturated heterocycles. The number of hydrogen-bond acceptors (Lipinski definition) is 6. The van der Waals surface area contributed by atoms with Crippen LogP contribution < -0.4 is 19.1 Å². The third-order valence-electron chi connectivity index (χ3n) is 7.35. The fourth-order valence-corrected chi connectivity index (χ4v) is 6.47. The van der Waals surface area contributed by atoms with Gasteiger partial charge in [-0.15, -0.1) is 0 Å². The van der Waals surface area contributed by atoms with Crippen LogP contribution in [-0.4, -0.2) is 57.5 Å². The number of methoxy groups -OCH3 is 2. The Labute approximate surface area is 276 Å². The van der Waals surface area contributed by atoms with Crippen LogP contribution in [0.5, 0.6) is 11.5 Å². The van der Waals surface area contributed by atoms with Crippen LogP contribution >= 0.6 is 0 Å². The van der Waals surface area contributed by atoms with Gasteiger partial charge in [-0.05, 0) is 68.8 Å². The Hall–Kier alpha value is -4.90. The summed E-state index contributed by atoms with van der Waals surface area (Å²) in [6.45, 7) is 4.45. The molecule has 2 amide bonds. The van der Waals surface area contributed by atoms with Gasteiger partial charge in [0.2, 0.25) is 11.8 Å². The van der Waals surface area contributed by atoms with Gasteiger partial charge < -0.3 is 19.7 Å². The molecule has 0 heterocycles. The smallest absolute Gasteiger partial charge is 0.264 e. The molecule has 0 radical (unpaired) electrons. The van der Waals surface area contributed by atoms with Gasteiger partial charge >= 0.3 is 0 Å². The number of sulfonamides is 1. The molecule has 4 rings (SSSR count). The molecule has 0 saturated carbocycles. The number of amides is 2. The van der Waals surface area contributed by atoms with Crippen LogP contribution in [-0.2, 0) is 32.6 Å². The highest BCUT2D eigenvalue weighted by molar-refractivity contribution is 7.92. The average molecular weight is 662 g/mol. The fraction of sp³-hybridized carbons (Fsp3) is 0.278. The van der Waals surface area contributed by atoms with Crippen LogP contribution in [0.2, 0.25) is 0 Å². The predicted molar refractivity (Wildman–Crippen MR) is 179 cm³/mol. The number of rotatable bonds is 13. The van der Waals surface area contributed by atoms with Gasteiger partial charge in [0.05, 0.1) is 24.8 Å². The Morgan fingerprint density at radius 2 is 1.45 bits per heavy atom. The third-order valence-corrected chi connectivity index (χ3v) is 9.12. The van der Waals surface area contributed by atoms with E-state index in [1.807, 2.05) is 51.1 Å². The molecule has 1 atom stereocenters. The third kappa shape index (κ3) is 8.88. The van der Waals surface area contributed by atoms with E-state index in [0.29, 0.717) is 5.75 Å². The van der Waals surface area contributed by atoms with E-state index in [0.717, 1.165) is 9.87 Å². The number of carbonyl (C=O) groups is 2. The first-order chi connectivity index (χ1) is 22.3. The number of halogens is 1. The molecule has 0 aliphatic rings. The molecular weight excluding hydrogens is 621 g/mol. The molecule has 0 spiro atoms. The molecule has 47 heavy (non-hydrogen) atoms. The minimum absolute atomic E-state index is 0.0935. The zero-order chi connectivity index (χ0) is 34.2. The molecule has 4 aromatic rings. The van der Waals surface area contributed by atoms with Crippen LogP contribution in [0.3, 0.4) is 0 Å². The van der Waals surface area contributed by atoms with E-state index in [1.54, 1.807) is 24.3 Å². The van der Waals surface area contributed by atoms with Crippen molar-refractivity contribution in [2.75, 3.05) is 25.1 Å². The molecule has 0 aliphatic carbocycles. The SMILES string of the molecule is COc1ccc(S(=O)(=O)N(CC(=O)N(Cc2ccccc2F)C(Cc2ccccc2)C(=O)NC(C)(C)C)c2ccccc2OC)cc1. The van der Waals surface area contributed by atoms with Crippen molar-refractivity contribution in [1.82, 2.24) is 10.2 Å². The molecule has 11 heteroatoms. The van der Waals surface area contributed by atoms with Crippen LogP contribution in [0.4, 0.5) is 10.1 Å². The van der Waals surface area contributed by atoms with E-state index in [4.69, 9.17) is 9.47 Å². The summed E-state index contributed by atoms with van der Waals surface area (Å²) >= 11 is 0. The number of anilines is 1. The summed E-state index contributed by atoms with van der Waals surface area (Å²) in [6.07, 6.45) is 0.100. The molecule has 4 aromatic carbocycles. The summed E-state index contributed by atoms with van der Waals surface area (Å²) in [5, 5.41) is 2.96. The van der Waals surface area contributed by atoms with Gasteiger partial charge in [0.1, 0.15) is 29.9 Å². The minimum Gasteiger partial charge on any atom is -0.497 e. The molecule has 1 N–H and O–H groups in total. The van der Waals surface area contributed by atoms with E-state index in [1.165, 1.54) is 67.7 Å². The Bertz CT molecular complexity index is 1780. The van der Waals surface area contributed by atoms with E-state index >= 15 is 4.39 Å². The van der Waals surface area contributed by atoms with Crippen molar-refractivity contribution in [3.8, 4) is 11.5 Å². The second-order valence-electron chi connectivity index (χ2n) is 11.9. The van der Waals surface area contributed by atoms with Gasteiger partial charge in [0, 0.05) is 24.1 Å². The van der Waals surface area contributed by atoms with Gasteiger partial charge in [-0.3, -0.25) is 13.9 Å². The summed E-state index contributed by atoms with van der Waals surface area (Å²) < 4.78 is 55.3. The second-order valence-corrected chi connectivity index (χ2v) is 13.8. The molecule has 248 valence electrons. The fourth-order valence-electron chi connectivity index (χ4n) is 5.04. The van der Waals surface area contributed by atoms with Crippen molar-refractivity contribution in [3.63, 3.8) is 0 Å². The number of benzene rings is 4. The maximum Gasteiger partial charge on any atom is 0.264 e. The Morgan fingerprint density at radius 3 is 2.06 bits per heavy atom. The summed E-state index contributed by atoms with van der Waals surface area (Å²) in [5.74, 6) is -1.08. The van der Waals surface area contributed by atoms with Crippen molar-refractivity contribution >= 4 is 27.5 Å². The van der Waals surface area contributed by atoms with Crippen molar-refractivity contribution in [2.45, 2.75) is 50.2 Å². The maximum atomic E-state index is 15.1. The highest BCUT2D eigenvalue weighted by Gasteiger charge is 2.36. The van der Waals surface area contributed by atoms with E-state index in [9.17, 15) is 18.0 Å². The summed E-state index contributed by atoms with van der Waals surface area (Å²) in [5.41, 5.74) is 0.397. The van der Waals surface area contributed by atoms with Crippen LogP contribution in [0.25, 0.3) is 0 Å². The number of nitrogens with zero attached hydrogens (tertiary/aromatic N) is 2. The standard InChI is InChI=1S/C36H40FN3O6S/c1-36(2,3)38-35(42)32(23-26-13-7-6-8-14-26)39(24-27-15-9-10-16-30(27)37)34(41)25-40(31-17-11-12-18-33(31)46-5)47(43,44)29-21-19-28(45-4)20-22-29/h6-22,32H,23-25H2,1-5H3,(H,38,42). The first-order valence-corrected chi connectivity index (χ1v) is 16.5. The zero-order valence-corrected chi connectivity index (χ0v) is 28.0. The molecular formula is C36H40FN3O6S. The lowest BCUT2D eigenvalue weighted by Crippen LogP contribution is -2.56. The van der Waals surface area contributed by atoms with Crippen molar-refractivity contribution in [3.05, 3.63) is 120 Å². The lowest BCUT2D eigenvalue weighted by molar-refractivity contribution is -0.140. The first-order valence-electron chi connectivity index (χ1n) is 15.0.